The second-order valence-electron chi connectivity index (χ2n) is 6.93. The largest absolute Gasteiger partial charge is 0.496 e. The predicted octanol–water partition coefficient (Wildman–Crippen LogP) is 4.48. The fourth-order valence-electron chi connectivity index (χ4n) is 3.89. The summed E-state index contributed by atoms with van der Waals surface area (Å²) < 4.78 is 5.55. The lowest BCUT2D eigenvalue weighted by Crippen LogP contribution is -2.37. The average Bonchev–Trinajstić information content (AvgIpc) is 2.50. The van der Waals surface area contributed by atoms with Crippen molar-refractivity contribution in [3.05, 3.63) is 29.3 Å². The Morgan fingerprint density at radius 3 is 2.57 bits per heavy atom. The van der Waals surface area contributed by atoms with Crippen molar-refractivity contribution in [3.8, 4) is 5.75 Å². The van der Waals surface area contributed by atoms with E-state index >= 15 is 0 Å². The Hall–Kier alpha value is -1.02. The highest BCUT2D eigenvalue weighted by molar-refractivity contribution is 5.37. The number of ether oxygens (including phenoxy) is 1. The second kappa shape index (κ2) is 7.31. The quantitative estimate of drug-likeness (QED) is 0.838. The van der Waals surface area contributed by atoms with Crippen LogP contribution in [0.5, 0.6) is 5.75 Å². The van der Waals surface area contributed by atoms with Crippen molar-refractivity contribution in [2.24, 2.45) is 17.1 Å². The highest BCUT2D eigenvalue weighted by Crippen LogP contribution is 2.43. The van der Waals surface area contributed by atoms with Gasteiger partial charge in [-0.15, -0.1) is 0 Å². The molecular formula is C19H31NO. The molecule has 1 aromatic rings. The molecule has 1 aliphatic rings. The van der Waals surface area contributed by atoms with Crippen molar-refractivity contribution in [2.75, 3.05) is 13.7 Å². The van der Waals surface area contributed by atoms with Crippen molar-refractivity contribution in [2.45, 2.75) is 58.8 Å². The standard InChI is InChI=1S/C19H31NO/c1-4-5-16-8-10-19(14-20,11-9-16)13-17-12-15(2)6-7-18(17)21-3/h6-7,12,16H,4-5,8-11,13-14,20H2,1-3H3. The van der Waals surface area contributed by atoms with Crippen molar-refractivity contribution in [1.29, 1.82) is 0 Å². The van der Waals surface area contributed by atoms with Gasteiger partial charge < -0.3 is 10.5 Å². The topological polar surface area (TPSA) is 35.2 Å². The molecular weight excluding hydrogens is 258 g/mol. The third-order valence-electron chi connectivity index (χ3n) is 5.30. The number of hydrogen-bond donors (Lipinski definition) is 1. The van der Waals surface area contributed by atoms with Crippen molar-refractivity contribution < 1.29 is 4.74 Å². The molecule has 2 rings (SSSR count). The first-order valence-electron chi connectivity index (χ1n) is 8.46. The third kappa shape index (κ3) is 4.00. The van der Waals surface area contributed by atoms with Crippen LogP contribution in [-0.4, -0.2) is 13.7 Å². The van der Waals surface area contributed by atoms with Crippen LogP contribution < -0.4 is 10.5 Å². The number of methoxy groups -OCH3 is 1. The third-order valence-corrected chi connectivity index (χ3v) is 5.30. The van der Waals surface area contributed by atoms with Crippen LogP contribution in [0.4, 0.5) is 0 Å². The van der Waals surface area contributed by atoms with Crippen molar-refractivity contribution in [3.63, 3.8) is 0 Å². The van der Waals surface area contributed by atoms with E-state index in [1.165, 1.54) is 49.7 Å². The molecule has 2 nitrogen and oxygen atoms in total. The molecule has 0 spiro atoms. The highest BCUT2D eigenvalue weighted by Gasteiger charge is 2.34. The summed E-state index contributed by atoms with van der Waals surface area (Å²) >= 11 is 0. The molecule has 0 amide bonds. The monoisotopic (exact) mass is 289 g/mol. The molecule has 0 aromatic heterocycles. The fourth-order valence-corrected chi connectivity index (χ4v) is 3.89. The van der Waals surface area contributed by atoms with Crippen LogP contribution in [0, 0.1) is 18.3 Å². The van der Waals surface area contributed by atoms with Gasteiger partial charge in [0.15, 0.2) is 0 Å². The lowest BCUT2D eigenvalue weighted by Gasteiger charge is -2.40. The average molecular weight is 289 g/mol. The predicted molar refractivity (Wildman–Crippen MR) is 89.8 cm³/mol. The van der Waals surface area contributed by atoms with Crippen LogP contribution in [0.2, 0.25) is 0 Å². The number of benzene rings is 1. The zero-order valence-electron chi connectivity index (χ0n) is 14.0. The van der Waals surface area contributed by atoms with E-state index < -0.39 is 0 Å². The van der Waals surface area contributed by atoms with Crippen LogP contribution in [0.3, 0.4) is 0 Å². The summed E-state index contributed by atoms with van der Waals surface area (Å²) in [7, 11) is 1.77. The second-order valence-corrected chi connectivity index (χ2v) is 6.93. The maximum Gasteiger partial charge on any atom is 0.122 e. The molecule has 1 fully saturated rings. The summed E-state index contributed by atoms with van der Waals surface area (Å²) in [6.07, 6.45) is 8.99. The van der Waals surface area contributed by atoms with Gasteiger partial charge in [-0.1, -0.05) is 37.5 Å². The highest BCUT2D eigenvalue weighted by atomic mass is 16.5. The number of rotatable bonds is 6. The van der Waals surface area contributed by atoms with Gasteiger partial charge in [-0.05, 0) is 68.5 Å². The number of nitrogens with two attached hydrogens (primary N) is 1. The Morgan fingerprint density at radius 2 is 2.00 bits per heavy atom. The molecule has 0 unspecified atom stereocenters. The zero-order chi connectivity index (χ0) is 15.3. The van der Waals surface area contributed by atoms with E-state index in [0.29, 0.717) is 0 Å². The normalized spacial score (nSPS) is 25.8. The molecule has 1 saturated carbocycles. The molecule has 1 aromatic carbocycles. The van der Waals surface area contributed by atoms with Gasteiger partial charge in [0.1, 0.15) is 5.75 Å². The van der Waals surface area contributed by atoms with Crippen molar-refractivity contribution in [1.82, 2.24) is 0 Å². The summed E-state index contributed by atoms with van der Waals surface area (Å²) in [4.78, 5) is 0. The molecule has 0 radical (unpaired) electrons. The number of hydrogen-bond acceptors (Lipinski definition) is 2. The first kappa shape index (κ1) is 16.4. The lowest BCUT2D eigenvalue weighted by atomic mass is 9.66. The summed E-state index contributed by atoms with van der Waals surface area (Å²) in [5, 5.41) is 0. The van der Waals surface area contributed by atoms with E-state index in [9.17, 15) is 0 Å². The van der Waals surface area contributed by atoms with Crippen molar-refractivity contribution >= 4 is 0 Å². The summed E-state index contributed by atoms with van der Waals surface area (Å²) in [5.74, 6) is 1.94. The van der Waals surface area contributed by atoms with Gasteiger partial charge in [-0.2, -0.15) is 0 Å². The van der Waals surface area contributed by atoms with Crippen LogP contribution in [-0.2, 0) is 6.42 Å². The van der Waals surface area contributed by atoms with Gasteiger partial charge in [0.25, 0.3) is 0 Å². The first-order chi connectivity index (χ1) is 10.1. The van der Waals surface area contributed by atoms with Gasteiger partial charge >= 0.3 is 0 Å². The van der Waals surface area contributed by atoms with Crippen LogP contribution in [0.15, 0.2) is 18.2 Å². The molecule has 0 heterocycles. The van der Waals surface area contributed by atoms with Gasteiger partial charge in [-0.3, -0.25) is 0 Å². The minimum absolute atomic E-state index is 0.283. The van der Waals surface area contributed by atoms with Crippen LogP contribution >= 0.6 is 0 Å². The molecule has 1 aliphatic carbocycles. The molecule has 0 aliphatic heterocycles. The first-order valence-corrected chi connectivity index (χ1v) is 8.46. The van der Waals surface area contributed by atoms with E-state index in [1.807, 2.05) is 0 Å². The Labute approximate surface area is 130 Å². The van der Waals surface area contributed by atoms with E-state index in [-0.39, 0.29) is 5.41 Å². The molecule has 2 heteroatoms. The smallest absolute Gasteiger partial charge is 0.122 e. The van der Waals surface area contributed by atoms with Gasteiger partial charge in [-0.25, -0.2) is 0 Å². The minimum Gasteiger partial charge on any atom is -0.496 e. The van der Waals surface area contributed by atoms with E-state index in [0.717, 1.165) is 24.6 Å². The SMILES string of the molecule is CCCC1CCC(CN)(Cc2cc(C)ccc2OC)CC1. The lowest BCUT2D eigenvalue weighted by molar-refractivity contribution is 0.149. The van der Waals surface area contributed by atoms with E-state index in [4.69, 9.17) is 10.5 Å². The summed E-state index contributed by atoms with van der Waals surface area (Å²) in [6, 6.07) is 6.49. The molecule has 118 valence electrons. The Kier molecular flexibility index (Phi) is 5.69. The van der Waals surface area contributed by atoms with E-state index in [2.05, 4.69) is 32.0 Å². The Bertz CT molecular complexity index is 447. The minimum atomic E-state index is 0.283. The maximum atomic E-state index is 6.19. The molecule has 2 N–H and O–H groups in total. The van der Waals surface area contributed by atoms with Crippen LogP contribution in [0.1, 0.15) is 56.6 Å². The zero-order valence-corrected chi connectivity index (χ0v) is 14.0. The van der Waals surface area contributed by atoms with Gasteiger partial charge in [0.2, 0.25) is 0 Å². The molecule has 0 saturated heterocycles. The summed E-state index contributed by atoms with van der Waals surface area (Å²) in [5.41, 5.74) is 9.11. The Balaban J connectivity index is 2.11. The maximum absolute atomic E-state index is 6.19. The van der Waals surface area contributed by atoms with Crippen LogP contribution in [0.25, 0.3) is 0 Å². The Morgan fingerprint density at radius 1 is 1.29 bits per heavy atom. The summed E-state index contributed by atoms with van der Waals surface area (Å²) in [6.45, 7) is 5.24. The molecule has 0 bridgehead atoms. The molecule has 21 heavy (non-hydrogen) atoms. The van der Waals surface area contributed by atoms with Gasteiger partial charge in [0.05, 0.1) is 7.11 Å². The van der Waals surface area contributed by atoms with E-state index in [1.54, 1.807) is 7.11 Å². The number of aryl methyl sites for hydroxylation is 1. The van der Waals surface area contributed by atoms with Gasteiger partial charge in [0, 0.05) is 0 Å². The fraction of sp³-hybridized carbons (Fsp3) is 0.684. The molecule has 0 atom stereocenters.